The summed E-state index contributed by atoms with van der Waals surface area (Å²) in [6.07, 6.45) is 6.16. The number of likely N-dealkylation sites (tertiary alicyclic amines) is 2. The molecule has 6 heteroatoms. The van der Waals surface area contributed by atoms with Gasteiger partial charge in [-0.05, 0) is 37.8 Å². The van der Waals surface area contributed by atoms with Crippen LogP contribution in [0.1, 0.15) is 38.5 Å². The van der Waals surface area contributed by atoms with Crippen molar-refractivity contribution in [2.45, 2.75) is 38.5 Å². The van der Waals surface area contributed by atoms with Crippen LogP contribution in [0.5, 0.6) is 5.75 Å². The first kappa shape index (κ1) is 19.0. The van der Waals surface area contributed by atoms with Crippen LogP contribution >= 0.6 is 11.6 Å². The lowest BCUT2D eigenvalue weighted by atomic mass is 9.95. The van der Waals surface area contributed by atoms with Gasteiger partial charge < -0.3 is 14.5 Å². The van der Waals surface area contributed by atoms with E-state index in [-0.39, 0.29) is 24.3 Å². The van der Waals surface area contributed by atoms with Crippen LogP contribution in [0.3, 0.4) is 0 Å². The first-order valence-corrected chi connectivity index (χ1v) is 9.97. The first-order chi connectivity index (χ1) is 12.6. The molecule has 2 fully saturated rings. The largest absolute Gasteiger partial charge is 0.482 e. The van der Waals surface area contributed by atoms with Crippen molar-refractivity contribution in [1.29, 1.82) is 0 Å². The standard InChI is InChI=1S/C20H27ClN2O3/c21-17-7-3-4-8-18(17)26-15-19(24)22-13-9-16(10-14-22)20(25)23-11-5-1-2-6-12-23/h3-4,7-8,16H,1-2,5-6,9-15H2. The van der Waals surface area contributed by atoms with Gasteiger partial charge in [-0.2, -0.15) is 0 Å². The average Bonchev–Trinajstić information content (AvgIpc) is 2.96. The van der Waals surface area contributed by atoms with Crippen LogP contribution < -0.4 is 4.74 Å². The summed E-state index contributed by atoms with van der Waals surface area (Å²) >= 11 is 6.04. The number of amides is 2. The molecule has 1 aromatic carbocycles. The molecule has 0 bridgehead atoms. The van der Waals surface area contributed by atoms with Crippen LogP contribution in [0.25, 0.3) is 0 Å². The Labute approximate surface area is 160 Å². The highest BCUT2D eigenvalue weighted by atomic mass is 35.5. The topological polar surface area (TPSA) is 49.9 Å². The van der Waals surface area contributed by atoms with E-state index in [0.29, 0.717) is 23.9 Å². The second kappa shape index (κ2) is 9.26. The van der Waals surface area contributed by atoms with Gasteiger partial charge in [0.25, 0.3) is 5.91 Å². The van der Waals surface area contributed by atoms with Crippen molar-refractivity contribution >= 4 is 23.4 Å². The van der Waals surface area contributed by atoms with Gasteiger partial charge in [-0.3, -0.25) is 9.59 Å². The Bertz CT molecular complexity index is 621. The van der Waals surface area contributed by atoms with Gasteiger partial charge in [-0.25, -0.2) is 0 Å². The maximum atomic E-state index is 12.7. The second-order valence-electron chi connectivity index (χ2n) is 7.11. The van der Waals surface area contributed by atoms with Crippen LogP contribution in [0, 0.1) is 5.92 Å². The summed E-state index contributed by atoms with van der Waals surface area (Å²) in [5.41, 5.74) is 0. The van der Waals surface area contributed by atoms with Crippen molar-refractivity contribution in [1.82, 2.24) is 9.80 Å². The number of piperidine rings is 1. The Balaban J connectivity index is 1.44. The quantitative estimate of drug-likeness (QED) is 0.807. The Morgan fingerprint density at radius 2 is 1.62 bits per heavy atom. The van der Waals surface area contributed by atoms with Gasteiger partial charge in [0.05, 0.1) is 5.02 Å². The highest BCUT2D eigenvalue weighted by Crippen LogP contribution is 2.24. The van der Waals surface area contributed by atoms with Crippen molar-refractivity contribution < 1.29 is 14.3 Å². The minimum Gasteiger partial charge on any atom is -0.482 e. The number of benzene rings is 1. The van der Waals surface area contributed by atoms with E-state index >= 15 is 0 Å². The van der Waals surface area contributed by atoms with E-state index < -0.39 is 0 Å². The molecule has 2 amide bonds. The van der Waals surface area contributed by atoms with Gasteiger partial charge in [-0.15, -0.1) is 0 Å². The smallest absolute Gasteiger partial charge is 0.260 e. The van der Waals surface area contributed by atoms with Crippen LogP contribution in [-0.2, 0) is 9.59 Å². The molecule has 26 heavy (non-hydrogen) atoms. The molecule has 0 N–H and O–H groups in total. The van der Waals surface area contributed by atoms with Crippen molar-refractivity contribution in [2.75, 3.05) is 32.8 Å². The number of halogens is 1. The van der Waals surface area contributed by atoms with Gasteiger partial charge in [0.1, 0.15) is 5.75 Å². The molecule has 2 heterocycles. The Kier molecular flexibility index (Phi) is 6.78. The molecule has 2 aliphatic rings. The molecule has 0 unspecified atom stereocenters. The van der Waals surface area contributed by atoms with Crippen LogP contribution in [0.4, 0.5) is 0 Å². The van der Waals surface area contributed by atoms with Crippen molar-refractivity contribution in [2.24, 2.45) is 5.92 Å². The first-order valence-electron chi connectivity index (χ1n) is 9.59. The molecule has 2 saturated heterocycles. The molecule has 0 aromatic heterocycles. The predicted molar refractivity (Wildman–Crippen MR) is 101 cm³/mol. The lowest BCUT2D eigenvalue weighted by Gasteiger charge is -2.34. The number of hydrogen-bond donors (Lipinski definition) is 0. The van der Waals surface area contributed by atoms with Crippen molar-refractivity contribution in [3.05, 3.63) is 29.3 Å². The molecule has 0 spiro atoms. The van der Waals surface area contributed by atoms with Crippen LogP contribution in [0.15, 0.2) is 24.3 Å². The monoisotopic (exact) mass is 378 g/mol. The van der Waals surface area contributed by atoms with E-state index in [1.807, 2.05) is 17.0 Å². The fraction of sp³-hybridized carbons (Fsp3) is 0.600. The van der Waals surface area contributed by atoms with E-state index in [1.54, 1.807) is 17.0 Å². The number of carbonyl (C=O) groups excluding carboxylic acids is 2. The van der Waals surface area contributed by atoms with Gasteiger partial charge in [-0.1, -0.05) is 36.6 Å². The molecular formula is C20H27ClN2O3. The summed E-state index contributed by atoms with van der Waals surface area (Å²) in [5.74, 6) is 0.812. The fourth-order valence-corrected chi connectivity index (χ4v) is 3.91. The molecule has 0 atom stereocenters. The molecule has 0 saturated carbocycles. The second-order valence-corrected chi connectivity index (χ2v) is 7.52. The van der Waals surface area contributed by atoms with Gasteiger partial charge in [0.2, 0.25) is 5.91 Å². The number of nitrogens with zero attached hydrogens (tertiary/aromatic N) is 2. The van der Waals surface area contributed by atoms with Gasteiger partial charge >= 0.3 is 0 Å². The van der Waals surface area contributed by atoms with E-state index in [1.165, 1.54) is 12.8 Å². The molecule has 0 radical (unpaired) electrons. The number of rotatable bonds is 4. The molecule has 2 aliphatic heterocycles. The van der Waals surface area contributed by atoms with E-state index in [4.69, 9.17) is 16.3 Å². The van der Waals surface area contributed by atoms with Gasteiger partial charge in [0, 0.05) is 32.1 Å². The Morgan fingerprint density at radius 1 is 0.962 bits per heavy atom. The third-order valence-electron chi connectivity index (χ3n) is 5.30. The Morgan fingerprint density at radius 3 is 2.27 bits per heavy atom. The number of hydrogen-bond acceptors (Lipinski definition) is 3. The average molecular weight is 379 g/mol. The highest BCUT2D eigenvalue weighted by molar-refractivity contribution is 6.32. The highest BCUT2D eigenvalue weighted by Gasteiger charge is 2.30. The van der Waals surface area contributed by atoms with Crippen LogP contribution in [-0.4, -0.2) is 54.4 Å². The maximum absolute atomic E-state index is 12.7. The zero-order valence-corrected chi connectivity index (χ0v) is 15.9. The molecule has 3 rings (SSSR count). The summed E-state index contributed by atoms with van der Waals surface area (Å²) in [4.78, 5) is 28.9. The third kappa shape index (κ3) is 4.91. The fourth-order valence-electron chi connectivity index (χ4n) is 3.72. The van der Waals surface area contributed by atoms with E-state index in [2.05, 4.69) is 0 Å². The summed E-state index contributed by atoms with van der Waals surface area (Å²) in [7, 11) is 0. The zero-order chi connectivity index (χ0) is 18.4. The van der Waals surface area contributed by atoms with Crippen molar-refractivity contribution in [3.63, 3.8) is 0 Å². The summed E-state index contributed by atoms with van der Waals surface area (Å²) in [5, 5.41) is 0.502. The molecular weight excluding hydrogens is 352 g/mol. The number of ether oxygens (including phenoxy) is 1. The molecule has 5 nitrogen and oxygen atoms in total. The SMILES string of the molecule is O=C(COc1ccccc1Cl)N1CCC(C(=O)N2CCCCCC2)CC1. The van der Waals surface area contributed by atoms with Gasteiger partial charge in [0.15, 0.2) is 6.61 Å². The van der Waals surface area contributed by atoms with Crippen LogP contribution in [0.2, 0.25) is 5.02 Å². The lowest BCUT2D eigenvalue weighted by molar-refractivity contribution is -0.141. The summed E-state index contributed by atoms with van der Waals surface area (Å²) in [6.45, 7) is 3.01. The van der Waals surface area contributed by atoms with Crippen molar-refractivity contribution in [3.8, 4) is 5.75 Å². The third-order valence-corrected chi connectivity index (χ3v) is 5.61. The Hall–Kier alpha value is -1.75. The summed E-state index contributed by atoms with van der Waals surface area (Å²) < 4.78 is 5.54. The van der Waals surface area contributed by atoms with E-state index in [9.17, 15) is 9.59 Å². The minimum absolute atomic E-state index is 0.0194. The molecule has 1 aromatic rings. The minimum atomic E-state index is -0.0504. The lowest BCUT2D eigenvalue weighted by Crippen LogP contribution is -2.45. The normalized spacial score (nSPS) is 19.1. The van der Waals surface area contributed by atoms with E-state index in [0.717, 1.165) is 38.8 Å². The molecule has 0 aliphatic carbocycles. The zero-order valence-electron chi connectivity index (χ0n) is 15.2. The predicted octanol–water partition coefficient (Wildman–Crippen LogP) is 3.36. The molecule has 142 valence electrons. The summed E-state index contributed by atoms with van der Waals surface area (Å²) in [6, 6.07) is 7.14. The maximum Gasteiger partial charge on any atom is 0.260 e. The number of para-hydroxylation sites is 1. The number of carbonyl (C=O) groups is 2.